The Morgan fingerprint density at radius 1 is 1.40 bits per heavy atom. The van der Waals surface area contributed by atoms with E-state index in [0.29, 0.717) is 0 Å². The van der Waals surface area contributed by atoms with Crippen LogP contribution < -0.4 is 0 Å². The molecule has 0 aromatic heterocycles. The van der Waals surface area contributed by atoms with Gasteiger partial charge in [0, 0.05) is 19.0 Å². The number of hydrogen-bond donors (Lipinski definition) is 0. The van der Waals surface area contributed by atoms with Gasteiger partial charge < -0.3 is 4.90 Å². The van der Waals surface area contributed by atoms with E-state index in [2.05, 4.69) is 29.3 Å². The summed E-state index contributed by atoms with van der Waals surface area (Å²) in [5.41, 5.74) is 0. The second kappa shape index (κ2) is 4.40. The normalized spacial score (nSPS) is 16.3. The van der Waals surface area contributed by atoms with E-state index in [-0.39, 0.29) is 0 Å². The molecule has 0 unspecified atom stereocenters. The Morgan fingerprint density at radius 2 is 2.30 bits per heavy atom. The molecule has 0 aromatic rings. The molecular weight excluding hydrogens is 146 g/mol. The highest BCUT2D eigenvalue weighted by molar-refractivity contribution is 6.17. The summed E-state index contributed by atoms with van der Waals surface area (Å²) in [6, 6.07) is 0. The summed E-state index contributed by atoms with van der Waals surface area (Å²) in [5.74, 6) is 0.758. The largest absolute Gasteiger partial charge is 0.374 e. The van der Waals surface area contributed by atoms with E-state index < -0.39 is 0 Å². The molecule has 0 saturated heterocycles. The molecule has 1 aliphatic rings. The van der Waals surface area contributed by atoms with Gasteiger partial charge in [-0.3, -0.25) is 0 Å². The van der Waals surface area contributed by atoms with Crippen LogP contribution in [0.2, 0.25) is 0 Å². The lowest BCUT2D eigenvalue weighted by atomic mass is 10.3. The fourth-order valence-corrected chi connectivity index (χ4v) is 1.06. The van der Waals surface area contributed by atoms with Crippen molar-refractivity contribution in [2.45, 2.75) is 6.42 Å². The van der Waals surface area contributed by atoms with Crippen LogP contribution in [0.1, 0.15) is 6.42 Å². The lowest BCUT2D eigenvalue weighted by Crippen LogP contribution is -2.20. The maximum absolute atomic E-state index is 5.55. The Morgan fingerprint density at radius 3 is 2.90 bits per heavy atom. The van der Waals surface area contributed by atoms with E-state index in [9.17, 15) is 0 Å². The summed E-state index contributed by atoms with van der Waals surface area (Å²) in [6.07, 6.45) is 9.44. The predicted octanol–water partition coefficient (Wildman–Crippen LogP) is 2.00. The summed E-state index contributed by atoms with van der Waals surface area (Å²) < 4.78 is 0. The summed E-state index contributed by atoms with van der Waals surface area (Å²) in [4.78, 5) is 2.25. The second-order valence-corrected chi connectivity index (χ2v) is 2.69. The second-order valence-electron chi connectivity index (χ2n) is 2.31. The number of allylic oxidation sites excluding steroid dienone is 2. The third-order valence-corrected chi connectivity index (χ3v) is 1.73. The van der Waals surface area contributed by atoms with E-state index in [0.717, 1.165) is 25.4 Å². The molecule has 56 valence electrons. The van der Waals surface area contributed by atoms with E-state index >= 15 is 0 Å². The van der Waals surface area contributed by atoms with Crippen LogP contribution in [0, 0.1) is 0 Å². The quantitative estimate of drug-likeness (QED) is 0.567. The maximum atomic E-state index is 5.55. The van der Waals surface area contributed by atoms with Crippen LogP contribution in [0.3, 0.4) is 0 Å². The molecule has 1 rings (SSSR count). The molecule has 0 fully saturated rings. The minimum Gasteiger partial charge on any atom is -0.374 e. The van der Waals surface area contributed by atoms with E-state index in [1.54, 1.807) is 0 Å². The van der Waals surface area contributed by atoms with Crippen LogP contribution in [0.5, 0.6) is 0 Å². The fraction of sp³-hybridized carbons (Fsp3) is 0.500. The summed E-state index contributed by atoms with van der Waals surface area (Å²) in [6.45, 7) is 2.11. The van der Waals surface area contributed by atoms with Crippen LogP contribution in [0.15, 0.2) is 24.4 Å². The van der Waals surface area contributed by atoms with Crippen molar-refractivity contribution in [1.29, 1.82) is 0 Å². The Kier molecular flexibility index (Phi) is 3.37. The van der Waals surface area contributed by atoms with Gasteiger partial charge in [-0.1, -0.05) is 12.2 Å². The molecule has 10 heavy (non-hydrogen) atoms. The summed E-state index contributed by atoms with van der Waals surface area (Å²) in [7, 11) is 0. The van der Waals surface area contributed by atoms with Crippen LogP contribution in [-0.4, -0.2) is 23.9 Å². The standard InChI is InChI=1S/C8H12ClN/c9-5-4-8-10-6-2-1-3-7-10/h1-3,6H,4-5,7-8H2. The first kappa shape index (κ1) is 7.67. The van der Waals surface area contributed by atoms with Crippen molar-refractivity contribution in [3.63, 3.8) is 0 Å². The fourth-order valence-electron chi connectivity index (χ4n) is 0.936. The highest BCUT2D eigenvalue weighted by atomic mass is 35.5. The SMILES string of the molecule is ClCCCN1C=CC=CC1. The van der Waals surface area contributed by atoms with E-state index in [1.807, 2.05) is 0 Å². The number of nitrogens with zero attached hydrogens (tertiary/aromatic N) is 1. The Balaban J connectivity index is 2.17. The maximum Gasteiger partial charge on any atom is 0.0357 e. The first-order chi connectivity index (χ1) is 4.93. The molecule has 0 amide bonds. The smallest absolute Gasteiger partial charge is 0.0357 e. The van der Waals surface area contributed by atoms with Gasteiger partial charge in [-0.25, -0.2) is 0 Å². The van der Waals surface area contributed by atoms with Crippen molar-refractivity contribution in [2.24, 2.45) is 0 Å². The van der Waals surface area contributed by atoms with Gasteiger partial charge in [0.15, 0.2) is 0 Å². The highest BCUT2D eigenvalue weighted by Crippen LogP contribution is 1.99. The van der Waals surface area contributed by atoms with Gasteiger partial charge in [0.1, 0.15) is 0 Å². The molecule has 1 aliphatic heterocycles. The van der Waals surface area contributed by atoms with Gasteiger partial charge in [0.2, 0.25) is 0 Å². The lowest BCUT2D eigenvalue weighted by molar-refractivity contribution is 0.412. The van der Waals surface area contributed by atoms with Crippen molar-refractivity contribution < 1.29 is 0 Å². The molecule has 0 spiro atoms. The molecule has 2 heteroatoms. The molecule has 0 radical (unpaired) electrons. The molecule has 0 aliphatic carbocycles. The molecule has 1 nitrogen and oxygen atoms in total. The summed E-state index contributed by atoms with van der Waals surface area (Å²) >= 11 is 5.55. The average molecular weight is 158 g/mol. The first-order valence-corrected chi connectivity index (χ1v) is 4.10. The van der Waals surface area contributed by atoms with Gasteiger partial charge in [0.25, 0.3) is 0 Å². The van der Waals surface area contributed by atoms with Crippen LogP contribution in [-0.2, 0) is 0 Å². The van der Waals surface area contributed by atoms with Gasteiger partial charge in [-0.05, 0) is 18.7 Å². The third-order valence-electron chi connectivity index (χ3n) is 1.46. The summed E-state index contributed by atoms with van der Waals surface area (Å²) in [5, 5.41) is 0. The zero-order valence-corrected chi connectivity index (χ0v) is 6.72. The monoisotopic (exact) mass is 157 g/mol. The number of hydrogen-bond acceptors (Lipinski definition) is 1. The molecule has 0 atom stereocenters. The topological polar surface area (TPSA) is 3.24 Å². The van der Waals surface area contributed by atoms with Gasteiger partial charge in [-0.15, -0.1) is 11.6 Å². The van der Waals surface area contributed by atoms with Gasteiger partial charge >= 0.3 is 0 Å². The first-order valence-electron chi connectivity index (χ1n) is 3.57. The van der Waals surface area contributed by atoms with Crippen molar-refractivity contribution in [3.05, 3.63) is 24.4 Å². The minimum absolute atomic E-state index is 0.758. The molecular formula is C8H12ClN. The number of rotatable bonds is 3. The van der Waals surface area contributed by atoms with Crippen molar-refractivity contribution in [2.75, 3.05) is 19.0 Å². The van der Waals surface area contributed by atoms with E-state index in [1.165, 1.54) is 0 Å². The van der Waals surface area contributed by atoms with Crippen molar-refractivity contribution in [1.82, 2.24) is 4.90 Å². The highest BCUT2D eigenvalue weighted by Gasteiger charge is 1.96. The zero-order chi connectivity index (χ0) is 7.23. The van der Waals surface area contributed by atoms with Crippen molar-refractivity contribution in [3.8, 4) is 0 Å². The van der Waals surface area contributed by atoms with Crippen molar-refractivity contribution >= 4 is 11.6 Å². The molecule has 0 aromatic carbocycles. The van der Waals surface area contributed by atoms with Crippen LogP contribution >= 0.6 is 11.6 Å². The lowest BCUT2D eigenvalue weighted by Gasteiger charge is -2.19. The Labute approximate surface area is 67.0 Å². The van der Waals surface area contributed by atoms with E-state index in [4.69, 9.17) is 11.6 Å². The Hall–Kier alpha value is -0.430. The molecule has 0 bridgehead atoms. The number of halogens is 1. The third kappa shape index (κ3) is 2.44. The minimum atomic E-state index is 0.758. The van der Waals surface area contributed by atoms with Crippen LogP contribution in [0.4, 0.5) is 0 Å². The van der Waals surface area contributed by atoms with Gasteiger partial charge in [-0.2, -0.15) is 0 Å². The van der Waals surface area contributed by atoms with Gasteiger partial charge in [0.05, 0.1) is 0 Å². The molecule has 0 saturated carbocycles. The zero-order valence-electron chi connectivity index (χ0n) is 5.96. The van der Waals surface area contributed by atoms with Crippen LogP contribution in [0.25, 0.3) is 0 Å². The average Bonchev–Trinajstić information content (AvgIpc) is 2.03. The number of alkyl halides is 1. The Bertz CT molecular complexity index is 140. The molecule has 0 N–H and O–H groups in total. The predicted molar refractivity (Wildman–Crippen MR) is 45.2 cm³/mol. The molecule has 1 heterocycles.